The van der Waals surface area contributed by atoms with Crippen molar-refractivity contribution >= 4 is 11.9 Å². The number of ether oxygens (including phenoxy) is 7. The molecule has 15 N–H and O–H groups in total. The van der Waals surface area contributed by atoms with Crippen LogP contribution in [0.1, 0.15) is 20.3 Å². The molecule has 308 valence electrons. The summed E-state index contributed by atoms with van der Waals surface area (Å²) >= 11 is 0. The van der Waals surface area contributed by atoms with Gasteiger partial charge in [0.15, 0.2) is 18.9 Å². The minimum absolute atomic E-state index is 0.767. The van der Waals surface area contributed by atoms with Gasteiger partial charge in [-0.25, -0.2) is 4.79 Å². The van der Waals surface area contributed by atoms with Gasteiger partial charge < -0.3 is 110 Å². The van der Waals surface area contributed by atoms with E-state index < -0.39 is 166 Å². The Kier molecular flexibility index (Phi) is 14.9. The zero-order chi connectivity index (χ0) is 39.7. The van der Waals surface area contributed by atoms with Crippen molar-refractivity contribution in [3.63, 3.8) is 0 Å². The Bertz CT molecular complexity index is 1220. The minimum atomic E-state index is -3.06. The first kappa shape index (κ1) is 43.9. The van der Waals surface area contributed by atoms with E-state index in [0.717, 1.165) is 6.92 Å². The summed E-state index contributed by atoms with van der Waals surface area (Å²) in [7, 11) is 0. The number of hydrogen-bond acceptors (Lipinski definition) is 22. The first-order chi connectivity index (χ1) is 24.8. The topological polar surface area (TPSA) is 394 Å². The Morgan fingerprint density at radius 2 is 1.34 bits per heavy atom. The molecule has 0 aliphatic carbocycles. The summed E-state index contributed by atoms with van der Waals surface area (Å²) in [4.78, 5) is 24.6. The van der Waals surface area contributed by atoms with E-state index >= 15 is 0 Å². The van der Waals surface area contributed by atoms with Crippen LogP contribution in [0.2, 0.25) is 0 Å². The largest absolute Gasteiger partial charge is 0.477 e. The second kappa shape index (κ2) is 17.9. The van der Waals surface area contributed by atoms with Gasteiger partial charge in [-0.1, -0.05) is 0 Å². The number of rotatable bonds is 13. The van der Waals surface area contributed by atoms with Gasteiger partial charge in [0.25, 0.3) is 5.79 Å². The average Bonchev–Trinajstić information content (AvgIpc) is 3.11. The highest BCUT2D eigenvalue weighted by atomic mass is 16.8. The number of hydrogen-bond donors (Lipinski definition) is 15. The molecule has 21 atom stereocenters. The maximum atomic E-state index is 12.7. The maximum Gasteiger partial charge on any atom is 0.364 e. The molecule has 1 unspecified atom stereocenters. The molecule has 4 aliphatic rings. The van der Waals surface area contributed by atoms with Gasteiger partial charge in [0, 0.05) is 13.3 Å². The van der Waals surface area contributed by atoms with Crippen molar-refractivity contribution in [1.82, 2.24) is 5.32 Å². The highest BCUT2D eigenvalue weighted by Gasteiger charge is 2.60. The average molecular weight is 780 g/mol. The van der Waals surface area contributed by atoms with Crippen LogP contribution in [0.25, 0.3) is 0 Å². The molecule has 4 saturated heterocycles. The Morgan fingerprint density at radius 1 is 0.774 bits per heavy atom. The number of carboxylic acids is 1. The molecule has 0 aromatic rings. The van der Waals surface area contributed by atoms with Crippen LogP contribution in [-0.4, -0.2) is 232 Å². The van der Waals surface area contributed by atoms with E-state index in [2.05, 4.69) is 5.32 Å². The molecule has 0 radical (unpaired) electrons. The lowest BCUT2D eigenvalue weighted by Crippen LogP contribution is -2.70. The van der Waals surface area contributed by atoms with Crippen LogP contribution in [0.3, 0.4) is 0 Å². The van der Waals surface area contributed by atoms with Gasteiger partial charge in [-0.05, 0) is 6.92 Å². The van der Waals surface area contributed by atoms with E-state index in [0.29, 0.717) is 0 Å². The van der Waals surface area contributed by atoms with Crippen molar-refractivity contribution in [2.24, 2.45) is 0 Å². The lowest BCUT2D eigenvalue weighted by Gasteiger charge is -2.50. The summed E-state index contributed by atoms with van der Waals surface area (Å²) in [6, 6.07) is -1.57. The van der Waals surface area contributed by atoms with Crippen LogP contribution in [0.4, 0.5) is 0 Å². The minimum Gasteiger partial charge on any atom is -0.477 e. The highest BCUT2D eigenvalue weighted by Crippen LogP contribution is 2.38. The number of nitrogens with one attached hydrogen (secondary N) is 1. The molecule has 0 aromatic carbocycles. The van der Waals surface area contributed by atoms with E-state index in [1.807, 2.05) is 0 Å². The lowest BCUT2D eigenvalue weighted by molar-refractivity contribution is -0.390. The fourth-order valence-electron chi connectivity index (χ4n) is 6.62. The standard InChI is InChI=1S/C29H49NO23/c1-7-21(17(40)18(41)26(47-7)51-23-15(38)11(5-32)48-25(44)19(23)42)50-27-20(43)24(16(39)12(6-33)49-27)53-29(28(45)46)3-9(35)13(30-8(2)34)22(52-29)14(37)10(36)4-31/h7,9-27,31-33,35-44H,3-6H2,1-2H3,(H,30,34)(H,45,46)/t7-,9+,10-,11-,12-,13-,14-,15-,16+,17-,18-,19-,20-,21+,22-,23+,24+,25?,26-,27+,29+/m1/s1. The molecular formula is C29H49NO23. The summed E-state index contributed by atoms with van der Waals surface area (Å²) in [5.74, 6) is -5.82. The van der Waals surface area contributed by atoms with Crippen molar-refractivity contribution in [2.75, 3.05) is 19.8 Å². The third-order valence-electron chi connectivity index (χ3n) is 9.53. The molecule has 4 aliphatic heterocycles. The van der Waals surface area contributed by atoms with Gasteiger partial charge in [0.2, 0.25) is 5.91 Å². The summed E-state index contributed by atoms with van der Waals surface area (Å²) < 4.78 is 38.3. The molecule has 4 fully saturated rings. The highest BCUT2D eigenvalue weighted by molar-refractivity contribution is 5.76. The van der Waals surface area contributed by atoms with Crippen LogP contribution in [0, 0.1) is 0 Å². The van der Waals surface area contributed by atoms with E-state index in [9.17, 15) is 81.1 Å². The van der Waals surface area contributed by atoms with Gasteiger partial charge >= 0.3 is 5.97 Å². The predicted molar refractivity (Wildman–Crippen MR) is 161 cm³/mol. The number of aliphatic carboxylic acids is 1. The molecule has 0 saturated carbocycles. The molecule has 0 spiro atoms. The van der Waals surface area contributed by atoms with Crippen molar-refractivity contribution in [2.45, 2.75) is 149 Å². The SMILES string of the molecule is CC(=O)N[C@H]1[C@H]([C@H](O)[C@H](O)CO)O[C@@](O[C@H]2[C@@H](O)[C@@H](CO)O[C@@H](O[C@@H]3[C@H](O)[C@@H](O)[C@@H](O[C@H]4[C@H](O)[C@@H](CO)OC(O)[C@@H]4O)O[C@@H]3C)[C@@H]2O)(C(=O)O)C[C@@H]1O. The zero-order valence-electron chi connectivity index (χ0n) is 28.3. The number of aliphatic hydroxyl groups excluding tert-OH is 13. The molecule has 0 bridgehead atoms. The van der Waals surface area contributed by atoms with Crippen molar-refractivity contribution in [3.8, 4) is 0 Å². The van der Waals surface area contributed by atoms with E-state index in [-0.39, 0.29) is 0 Å². The number of carbonyl (C=O) groups excluding carboxylic acids is 1. The fraction of sp³-hybridized carbons (Fsp3) is 0.931. The second-order valence-corrected chi connectivity index (χ2v) is 13.3. The second-order valence-electron chi connectivity index (χ2n) is 13.3. The third kappa shape index (κ3) is 9.08. The molecule has 24 heteroatoms. The number of carboxylic acid groups (broad SMARTS) is 1. The molecule has 53 heavy (non-hydrogen) atoms. The smallest absolute Gasteiger partial charge is 0.364 e. The van der Waals surface area contributed by atoms with Crippen LogP contribution < -0.4 is 5.32 Å². The summed E-state index contributed by atoms with van der Waals surface area (Å²) in [6.45, 7) is -0.546. The van der Waals surface area contributed by atoms with E-state index in [1.165, 1.54) is 6.92 Å². The first-order valence-electron chi connectivity index (χ1n) is 16.6. The number of carbonyl (C=O) groups is 2. The summed E-state index contributed by atoms with van der Waals surface area (Å²) in [5, 5.41) is 148. The van der Waals surface area contributed by atoms with Gasteiger partial charge in [-0.2, -0.15) is 0 Å². The van der Waals surface area contributed by atoms with Crippen LogP contribution in [0.5, 0.6) is 0 Å². The Hall–Kier alpha value is -1.86. The number of amides is 1. The molecule has 0 aromatic heterocycles. The number of aliphatic hydroxyl groups is 13. The molecule has 1 amide bonds. The van der Waals surface area contributed by atoms with Gasteiger partial charge in [-0.15, -0.1) is 0 Å². The summed E-state index contributed by atoms with van der Waals surface area (Å²) in [5.41, 5.74) is 0. The van der Waals surface area contributed by atoms with Crippen LogP contribution in [-0.2, 0) is 42.7 Å². The molecule has 4 rings (SSSR count). The van der Waals surface area contributed by atoms with Crippen molar-refractivity contribution in [3.05, 3.63) is 0 Å². The summed E-state index contributed by atoms with van der Waals surface area (Å²) in [6.07, 6.45) is -36.6. The van der Waals surface area contributed by atoms with Crippen LogP contribution in [0.15, 0.2) is 0 Å². The quantitative estimate of drug-likeness (QED) is 0.0825. The Labute approximate surface area is 300 Å². The maximum absolute atomic E-state index is 12.7. The molecular weight excluding hydrogens is 730 g/mol. The zero-order valence-corrected chi connectivity index (χ0v) is 28.3. The predicted octanol–water partition coefficient (Wildman–Crippen LogP) is -9.37. The van der Waals surface area contributed by atoms with E-state index in [4.69, 9.17) is 33.2 Å². The van der Waals surface area contributed by atoms with Crippen molar-refractivity contribution < 1.29 is 114 Å². The van der Waals surface area contributed by atoms with Crippen LogP contribution >= 0.6 is 0 Å². The molecule has 24 nitrogen and oxygen atoms in total. The fourth-order valence-corrected chi connectivity index (χ4v) is 6.62. The molecule has 4 heterocycles. The lowest BCUT2D eigenvalue weighted by atomic mass is 9.88. The van der Waals surface area contributed by atoms with Gasteiger partial charge in [0.1, 0.15) is 85.5 Å². The van der Waals surface area contributed by atoms with Gasteiger partial charge in [-0.3, -0.25) is 4.79 Å². The Morgan fingerprint density at radius 3 is 1.91 bits per heavy atom. The monoisotopic (exact) mass is 779 g/mol. The first-order valence-corrected chi connectivity index (χ1v) is 16.6. The van der Waals surface area contributed by atoms with Gasteiger partial charge in [0.05, 0.1) is 38.1 Å². The van der Waals surface area contributed by atoms with E-state index in [1.54, 1.807) is 0 Å². The van der Waals surface area contributed by atoms with Crippen molar-refractivity contribution in [1.29, 1.82) is 0 Å². The normalized spacial score (nSPS) is 47.8. The Balaban J connectivity index is 1.55. The third-order valence-corrected chi connectivity index (χ3v) is 9.53.